The van der Waals surface area contributed by atoms with Crippen molar-refractivity contribution in [3.8, 4) is 5.75 Å². The first-order chi connectivity index (χ1) is 16.7. The van der Waals surface area contributed by atoms with Crippen molar-refractivity contribution in [3.05, 3.63) is 60.3 Å². The number of nitrogens with zero attached hydrogens (tertiary/aromatic N) is 5. The molecule has 1 atom stereocenters. The zero-order valence-electron chi connectivity index (χ0n) is 20.5. The molecule has 0 aliphatic carbocycles. The quantitative estimate of drug-likeness (QED) is 0.171. The van der Waals surface area contributed by atoms with E-state index in [0.717, 1.165) is 65.3 Å². The second kappa shape index (κ2) is 14.4. The van der Waals surface area contributed by atoms with Crippen LogP contribution in [0.2, 0.25) is 0 Å². The van der Waals surface area contributed by atoms with Crippen LogP contribution in [0.4, 0.5) is 22.1 Å². The molecule has 0 bridgehead atoms. The molecule has 0 aliphatic rings. The Labute approximate surface area is 207 Å². The van der Waals surface area contributed by atoms with Gasteiger partial charge in [-0.05, 0) is 85.2 Å². The Morgan fingerprint density at radius 1 is 0.824 bits per heavy atom. The van der Waals surface area contributed by atoms with Gasteiger partial charge in [0.15, 0.2) is 5.00 Å². The molecule has 0 spiro atoms. The van der Waals surface area contributed by atoms with Crippen LogP contribution in [-0.2, 0) is 6.42 Å². The molecular formula is C27H35N5OS. The predicted octanol–water partition coefficient (Wildman–Crippen LogP) is 9.91. The van der Waals surface area contributed by atoms with Crippen LogP contribution in [0.5, 0.6) is 5.75 Å². The van der Waals surface area contributed by atoms with Gasteiger partial charge >= 0.3 is 0 Å². The van der Waals surface area contributed by atoms with Crippen LogP contribution in [0.25, 0.3) is 0 Å². The molecule has 1 unspecified atom stereocenters. The molecule has 3 aromatic rings. The number of ether oxygens (including phenoxy) is 1. The number of aryl methyl sites for hydroxylation is 1. The highest BCUT2D eigenvalue weighted by Gasteiger charge is 2.03. The van der Waals surface area contributed by atoms with Gasteiger partial charge in [0.25, 0.3) is 0 Å². The van der Waals surface area contributed by atoms with Gasteiger partial charge in [0, 0.05) is 6.07 Å². The van der Waals surface area contributed by atoms with E-state index < -0.39 is 0 Å². The lowest BCUT2D eigenvalue weighted by molar-refractivity contribution is 0.309. The highest BCUT2D eigenvalue weighted by atomic mass is 32.1. The van der Waals surface area contributed by atoms with Crippen molar-refractivity contribution in [2.45, 2.75) is 65.7 Å². The standard InChI is InChI=1S/C27H35N5OS/c1-4-6-19-33-26-17-15-24(16-18-26)29-28-22-11-13-23(14-12-22)30-31-27-20-25(32-34-27)10-8-7-9-21(3)5-2/h11-18,20-21H,4-10,19H2,1-3H3. The molecule has 34 heavy (non-hydrogen) atoms. The lowest BCUT2D eigenvalue weighted by Crippen LogP contribution is -1.95. The van der Waals surface area contributed by atoms with Gasteiger partial charge in [0.2, 0.25) is 0 Å². The monoisotopic (exact) mass is 477 g/mol. The Kier molecular flexibility index (Phi) is 10.8. The molecule has 6 nitrogen and oxygen atoms in total. The summed E-state index contributed by atoms with van der Waals surface area (Å²) in [5.74, 6) is 1.67. The van der Waals surface area contributed by atoms with E-state index in [1.165, 1.54) is 37.2 Å². The van der Waals surface area contributed by atoms with Crippen molar-refractivity contribution >= 4 is 33.6 Å². The minimum atomic E-state index is 0.740. The predicted molar refractivity (Wildman–Crippen MR) is 141 cm³/mol. The number of hydrogen-bond donors (Lipinski definition) is 0. The van der Waals surface area contributed by atoms with Gasteiger partial charge in [0.05, 0.1) is 29.4 Å². The van der Waals surface area contributed by atoms with E-state index in [-0.39, 0.29) is 0 Å². The van der Waals surface area contributed by atoms with E-state index in [9.17, 15) is 0 Å². The van der Waals surface area contributed by atoms with Gasteiger partial charge in [-0.15, -0.1) is 10.2 Å². The lowest BCUT2D eigenvalue weighted by Gasteiger charge is -2.06. The summed E-state index contributed by atoms with van der Waals surface area (Å²) in [5, 5.41) is 18.1. The molecule has 0 N–H and O–H groups in total. The van der Waals surface area contributed by atoms with Crippen LogP contribution in [0.15, 0.2) is 75.1 Å². The number of azo groups is 2. The fourth-order valence-corrected chi connectivity index (χ4v) is 3.84. The van der Waals surface area contributed by atoms with Crippen molar-refractivity contribution in [1.82, 2.24) is 4.37 Å². The SMILES string of the molecule is CCCCOc1ccc(N=Nc2ccc(N=Nc3cc(CCCCC(C)CC)ns3)cc2)cc1. The topological polar surface area (TPSA) is 71.6 Å². The second-order valence-electron chi connectivity index (χ2n) is 8.53. The molecular weight excluding hydrogens is 442 g/mol. The fourth-order valence-electron chi connectivity index (χ4n) is 3.22. The minimum absolute atomic E-state index is 0.740. The first-order valence-corrected chi connectivity index (χ1v) is 13.1. The summed E-state index contributed by atoms with van der Waals surface area (Å²) in [5.41, 5.74) is 3.43. The Bertz CT molecular complexity index is 1030. The third-order valence-corrected chi connectivity index (χ3v) is 6.33. The summed E-state index contributed by atoms with van der Waals surface area (Å²) >= 11 is 1.40. The molecule has 0 saturated heterocycles. The zero-order valence-corrected chi connectivity index (χ0v) is 21.3. The third-order valence-electron chi connectivity index (χ3n) is 5.62. The van der Waals surface area contributed by atoms with E-state index in [1.807, 2.05) is 54.6 Å². The highest BCUT2D eigenvalue weighted by molar-refractivity contribution is 7.09. The molecule has 0 amide bonds. The Morgan fingerprint density at radius 2 is 1.44 bits per heavy atom. The van der Waals surface area contributed by atoms with Gasteiger partial charge in [-0.1, -0.05) is 46.5 Å². The van der Waals surface area contributed by atoms with Crippen LogP contribution in [0, 0.1) is 5.92 Å². The third kappa shape index (κ3) is 9.14. The molecule has 2 aromatic carbocycles. The molecule has 7 heteroatoms. The largest absolute Gasteiger partial charge is 0.494 e. The molecule has 1 heterocycles. The molecule has 3 rings (SSSR count). The van der Waals surface area contributed by atoms with E-state index >= 15 is 0 Å². The fraction of sp³-hybridized carbons (Fsp3) is 0.444. The maximum atomic E-state index is 5.67. The molecule has 180 valence electrons. The van der Waals surface area contributed by atoms with Crippen LogP contribution in [-0.4, -0.2) is 11.0 Å². The second-order valence-corrected chi connectivity index (χ2v) is 9.31. The van der Waals surface area contributed by atoms with Gasteiger partial charge < -0.3 is 4.74 Å². The van der Waals surface area contributed by atoms with Gasteiger partial charge in [-0.25, -0.2) is 0 Å². The summed E-state index contributed by atoms with van der Waals surface area (Å²) < 4.78 is 10.2. The summed E-state index contributed by atoms with van der Waals surface area (Å²) in [4.78, 5) is 0. The Hall–Kier alpha value is -2.93. The summed E-state index contributed by atoms with van der Waals surface area (Å²) in [6.07, 6.45) is 8.18. The van der Waals surface area contributed by atoms with E-state index in [0.29, 0.717) is 0 Å². The lowest BCUT2D eigenvalue weighted by atomic mass is 10.0. The molecule has 0 radical (unpaired) electrons. The van der Waals surface area contributed by atoms with Crippen molar-refractivity contribution in [1.29, 1.82) is 0 Å². The number of hydrogen-bond acceptors (Lipinski definition) is 7. The number of unbranched alkanes of at least 4 members (excludes halogenated alkanes) is 2. The van der Waals surface area contributed by atoms with Gasteiger partial charge in [-0.2, -0.15) is 14.6 Å². The summed E-state index contributed by atoms with van der Waals surface area (Å²) in [7, 11) is 0. The van der Waals surface area contributed by atoms with Gasteiger partial charge in [-0.3, -0.25) is 0 Å². The average molecular weight is 478 g/mol. The average Bonchev–Trinajstić information content (AvgIpc) is 3.33. The minimum Gasteiger partial charge on any atom is -0.494 e. The normalized spacial score (nSPS) is 12.6. The number of aromatic nitrogens is 1. The number of benzene rings is 2. The van der Waals surface area contributed by atoms with Crippen molar-refractivity contribution in [3.63, 3.8) is 0 Å². The number of rotatable bonds is 14. The van der Waals surface area contributed by atoms with E-state index in [2.05, 4.69) is 45.6 Å². The molecule has 1 aromatic heterocycles. The first-order valence-electron chi connectivity index (χ1n) is 12.3. The Balaban J connectivity index is 1.46. The van der Waals surface area contributed by atoms with Crippen LogP contribution < -0.4 is 4.74 Å². The smallest absolute Gasteiger partial charge is 0.159 e. The Morgan fingerprint density at radius 3 is 2.06 bits per heavy atom. The van der Waals surface area contributed by atoms with Crippen LogP contribution in [0.1, 0.15) is 65.0 Å². The first kappa shape index (κ1) is 25.7. The molecule has 0 fully saturated rings. The molecule has 0 aliphatic heterocycles. The summed E-state index contributed by atoms with van der Waals surface area (Å²) in [6.45, 7) is 7.46. The van der Waals surface area contributed by atoms with Crippen LogP contribution >= 0.6 is 11.5 Å². The van der Waals surface area contributed by atoms with E-state index in [4.69, 9.17) is 4.74 Å². The van der Waals surface area contributed by atoms with Gasteiger partial charge in [0.1, 0.15) is 5.75 Å². The highest BCUT2D eigenvalue weighted by Crippen LogP contribution is 2.27. The maximum Gasteiger partial charge on any atom is 0.159 e. The zero-order chi connectivity index (χ0) is 24.0. The maximum absolute atomic E-state index is 5.67. The van der Waals surface area contributed by atoms with Crippen LogP contribution in [0.3, 0.4) is 0 Å². The molecule has 0 saturated carbocycles. The van der Waals surface area contributed by atoms with E-state index in [1.54, 1.807) is 0 Å². The van der Waals surface area contributed by atoms with Crippen molar-refractivity contribution in [2.75, 3.05) is 6.61 Å². The summed E-state index contributed by atoms with van der Waals surface area (Å²) in [6, 6.07) is 17.2. The van der Waals surface area contributed by atoms with Crippen molar-refractivity contribution in [2.24, 2.45) is 26.4 Å². The van der Waals surface area contributed by atoms with Crippen molar-refractivity contribution < 1.29 is 4.74 Å².